The Morgan fingerprint density at radius 3 is 2.74 bits per heavy atom. The zero-order chi connectivity index (χ0) is 16.6. The first-order valence-electron chi connectivity index (χ1n) is 7.10. The van der Waals surface area contributed by atoms with E-state index in [2.05, 4.69) is 22.4 Å². The van der Waals surface area contributed by atoms with Crippen LogP contribution in [0.25, 0.3) is 11.1 Å². The van der Waals surface area contributed by atoms with Crippen LogP contribution in [0.2, 0.25) is 5.15 Å². The highest BCUT2D eigenvalue weighted by Crippen LogP contribution is 2.43. The number of nitrogens with two attached hydrogens (primary N) is 1. The van der Waals surface area contributed by atoms with E-state index in [9.17, 15) is 0 Å². The number of pyridine rings is 1. The van der Waals surface area contributed by atoms with Crippen molar-refractivity contribution in [3.8, 4) is 23.3 Å². The monoisotopic (exact) mass is 323 g/mol. The number of benzene rings is 1. The summed E-state index contributed by atoms with van der Waals surface area (Å²) in [7, 11) is 0. The van der Waals surface area contributed by atoms with Crippen molar-refractivity contribution >= 4 is 17.3 Å². The van der Waals surface area contributed by atoms with Gasteiger partial charge in [-0.05, 0) is 24.6 Å². The van der Waals surface area contributed by atoms with Gasteiger partial charge < -0.3 is 11.1 Å². The zero-order valence-corrected chi connectivity index (χ0v) is 13.3. The minimum absolute atomic E-state index is 0.0499. The van der Waals surface area contributed by atoms with Gasteiger partial charge in [-0.15, -0.1) is 0 Å². The SMILES string of the molecule is Cc1ccc2c(c1)NC(N)(CC#N)c1nc(Cl)c(CC#N)cc1-2. The van der Waals surface area contributed by atoms with Gasteiger partial charge in [0, 0.05) is 22.4 Å². The van der Waals surface area contributed by atoms with Crippen LogP contribution in [-0.4, -0.2) is 4.98 Å². The summed E-state index contributed by atoms with van der Waals surface area (Å²) in [5.74, 6) is 0. The fourth-order valence-electron chi connectivity index (χ4n) is 2.84. The van der Waals surface area contributed by atoms with Crippen LogP contribution in [0.3, 0.4) is 0 Å². The molecule has 5 nitrogen and oxygen atoms in total. The van der Waals surface area contributed by atoms with Crippen molar-refractivity contribution in [2.45, 2.75) is 25.4 Å². The van der Waals surface area contributed by atoms with Gasteiger partial charge in [-0.3, -0.25) is 0 Å². The minimum Gasteiger partial charge on any atom is -0.361 e. The van der Waals surface area contributed by atoms with Crippen molar-refractivity contribution in [3.05, 3.63) is 46.2 Å². The molecule has 2 aromatic rings. The number of hydrogen-bond acceptors (Lipinski definition) is 5. The van der Waals surface area contributed by atoms with E-state index in [0.29, 0.717) is 11.3 Å². The number of aryl methyl sites for hydroxylation is 1. The van der Waals surface area contributed by atoms with Crippen molar-refractivity contribution < 1.29 is 0 Å². The summed E-state index contributed by atoms with van der Waals surface area (Å²) in [6.07, 6.45) is 0.220. The lowest BCUT2D eigenvalue weighted by atomic mass is 9.87. The van der Waals surface area contributed by atoms with Gasteiger partial charge in [-0.25, -0.2) is 4.98 Å². The number of fused-ring (bicyclic) bond motifs is 3. The predicted octanol–water partition coefficient (Wildman–Crippen LogP) is 3.23. The number of halogens is 1. The second kappa shape index (κ2) is 5.55. The maximum absolute atomic E-state index is 9.15. The Morgan fingerprint density at radius 1 is 1.26 bits per heavy atom. The Hall–Kier alpha value is -2.60. The molecule has 1 aromatic carbocycles. The van der Waals surface area contributed by atoms with Crippen LogP contribution >= 0.6 is 11.6 Å². The number of hydrogen-bond donors (Lipinski definition) is 2. The number of nitrogens with zero attached hydrogens (tertiary/aromatic N) is 3. The minimum atomic E-state index is -1.11. The van der Waals surface area contributed by atoms with E-state index >= 15 is 0 Å². The Labute approximate surface area is 139 Å². The maximum atomic E-state index is 9.15. The lowest BCUT2D eigenvalue weighted by Crippen LogP contribution is -2.47. The topological polar surface area (TPSA) is 98.5 Å². The summed E-state index contributed by atoms with van der Waals surface area (Å²) < 4.78 is 0. The molecule has 0 bridgehead atoms. The van der Waals surface area contributed by atoms with E-state index in [0.717, 1.165) is 22.4 Å². The first-order valence-corrected chi connectivity index (χ1v) is 7.48. The normalized spacial score (nSPS) is 18.1. The predicted molar refractivity (Wildman–Crippen MR) is 88.5 cm³/mol. The molecule has 23 heavy (non-hydrogen) atoms. The number of anilines is 1. The molecule has 0 amide bonds. The van der Waals surface area contributed by atoms with E-state index in [1.54, 1.807) is 0 Å². The van der Waals surface area contributed by atoms with Gasteiger partial charge in [0.15, 0.2) is 0 Å². The van der Waals surface area contributed by atoms with Crippen molar-refractivity contribution in [3.63, 3.8) is 0 Å². The standard InChI is InChI=1S/C17H14ClN5/c1-10-2-3-12-13-9-11(4-6-19)16(18)22-15(13)17(21,5-7-20)23-14(12)8-10/h2-3,8-9,23H,4-5,21H2,1H3. The molecular weight excluding hydrogens is 310 g/mol. The highest BCUT2D eigenvalue weighted by molar-refractivity contribution is 6.30. The Balaban J connectivity index is 2.30. The second-order valence-electron chi connectivity index (χ2n) is 5.65. The molecule has 0 saturated carbocycles. The van der Waals surface area contributed by atoms with Gasteiger partial charge in [0.2, 0.25) is 0 Å². The summed E-state index contributed by atoms with van der Waals surface area (Å²) in [6, 6.07) is 12.0. The van der Waals surface area contributed by atoms with Crippen molar-refractivity contribution in [2.24, 2.45) is 5.73 Å². The molecule has 6 heteroatoms. The molecule has 114 valence electrons. The molecule has 3 N–H and O–H groups in total. The average Bonchev–Trinajstić information content (AvgIpc) is 2.49. The van der Waals surface area contributed by atoms with E-state index in [4.69, 9.17) is 27.9 Å². The van der Waals surface area contributed by atoms with Crippen molar-refractivity contribution in [1.82, 2.24) is 4.98 Å². The smallest absolute Gasteiger partial charge is 0.143 e. The summed E-state index contributed by atoms with van der Waals surface area (Å²) >= 11 is 6.19. The molecule has 0 spiro atoms. The quantitative estimate of drug-likeness (QED) is 0.827. The third-order valence-corrected chi connectivity index (χ3v) is 4.25. The molecule has 1 aliphatic heterocycles. The van der Waals surface area contributed by atoms with Gasteiger partial charge in [-0.1, -0.05) is 23.7 Å². The molecule has 0 saturated heterocycles. The Bertz CT molecular complexity index is 878. The zero-order valence-electron chi connectivity index (χ0n) is 12.5. The van der Waals surface area contributed by atoms with Crippen molar-refractivity contribution in [2.75, 3.05) is 5.32 Å². The van der Waals surface area contributed by atoms with Gasteiger partial charge in [0.25, 0.3) is 0 Å². The molecule has 0 aliphatic carbocycles. The fraction of sp³-hybridized carbons (Fsp3) is 0.235. The largest absolute Gasteiger partial charge is 0.361 e. The summed E-state index contributed by atoms with van der Waals surface area (Å²) in [5, 5.41) is 21.6. The average molecular weight is 324 g/mol. The molecule has 1 aromatic heterocycles. The van der Waals surface area contributed by atoms with E-state index in [1.807, 2.05) is 31.2 Å². The van der Waals surface area contributed by atoms with Crippen LogP contribution in [0.1, 0.15) is 23.2 Å². The first kappa shape index (κ1) is 15.3. The van der Waals surface area contributed by atoms with E-state index in [-0.39, 0.29) is 18.0 Å². The summed E-state index contributed by atoms with van der Waals surface area (Å²) in [6.45, 7) is 1.99. The lowest BCUT2D eigenvalue weighted by Gasteiger charge is -2.36. The third kappa shape index (κ3) is 2.51. The van der Waals surface area contributed by atoms with E-state index < -0.39 is 5.66 Å². The Kier molecular flexibility index (Phi) is 3.69. The van der Waals surface area contributed by atoms with Crippen LogP contribution in [0, 0.1) is 29.6 Å². The molecule has 2 heterocycles. The summed E-state index contributed by atoms with van der Waals surface area (Å²) in [5.41, 5.74) is 10.2. The lowest BCUT2D eigenvalue weighted by molar-refractivity contribution is 0.505. The second-order valence-corrected chi connectivity index (χ2v) is 6.01. The Morgan fingerprint density at radius 2 is 2.04 bits per heavy atom. The van der Waals surface area contributed by atoms with Gasteiger partial charge in [0.1, 0.15) is 10.8 Å². The number of nitriles is 2. The highest BCUT2D eigenvalue weighted by atomic mass is 35.5. The highest BCUT2D eigenvalue weighted by Gasteiger charge is 2.37. The van der Waals surface area contributed by atoms with Gasteiger partial charge >= 0.3 is 0 Å². The third-order valence-electron chi connectivity index (χ3n) is 3.92. The maximum Gasteiger partial charge on any atom is 0.143 e. The molecule has 0 radical (unpaired) electrons. The summed E-state index contributed by atoms with van der Waals surface area (Å²) in [4.78, 5) is 4.40. The van der Waals surface area contributed by atoms with Crippen LogP contribution < -0.4 is 11.1 Å². The molecule has 1 aliphatic rings. The first-order chi connectivity index (χ1) is 11.0. The fourth-order valence-corrected chi connectivity index (χ4v) is 3.04. The molecule has 1 unspecified atom stereocenters. The van der Waals surface area contributed by atoms with Gasteiger partial charge in [-0.2, -0.15) is 10.5 Å². The van der Waals surface area contributed by atoms with Crippen molar-refractivity contribution in [1.29, 1.82) is 10.5 Å². The van der Waals surface area contributed by atoms with Crippen LogP contribution in [0.15, 0.2) is 24.3 Å². The van der Waals surface area contributed by atoms with Gasteiger partial charge in [0.05, 0.1) is 30.7 Å². The molecule has 3 rings (SSSR count). The number of aromatic nitrogens is 1. The number of rotatable bonds is 2. The van der Waals surface area contributed by atoms with Crippen LogP contribution in [0.4, 0.5) is 5.69 Å². The number of nitrogens with one attached hydrogen (secondary N) is 1. The van der Waals surface area contributed by atoms with E-state index in [1.165, 1.54) is 0 Å². The van der Waals surface area contributed by atoms with Crippen LogP contribution in [0.5, 0.6) is 0 Å². The molecular formula is C17H14ClN5. The van der Waals surface area contributed by atoms with Crippen LogP contribution in [-0.2, 0) is 12.1 Å². The molecule has 1 atom stereocenters. The molecule has 0 fully saturated rings.